The number of amidine groups is 1. The van der Waals surface area contributed by atoms with Crippen LogP contribution >= 0.6 is 11.3 Å². The summed E-state index contributed by atoms with van der Waals surface area (Å²) in [6.07, 6.45) is -6.02. The molecule has 1 fully saturated rings. The normalized spacial score (nSPS) is 20.7. The van der Waals surface area contributed by atoms with Crippen molar-refractivity contribution in [2.75, 3.05) is 13.1 Å². The van der Waals surface area contributed by atoms with Gasteiger partial charge in [0.1, 0.15) is 11.9 Å². The van der Waals surface area contributed by atoms with Gasteiger partial charge in [0.2, 0.25) is 11.8 Å². The van der Waals surface area contributed by atoms with Gasteiger partial charge in [-0.25, -0.2) is 0 Å². The first-order valence-corrected chi connectivity index (χ1v) is 14.9. The first-order valence-electron chi connectivity index (χ1n) is 14.0. The quantitative estimate of drug-likeness (QED) is 0.150. The molecule has 5 rings (SSSR count). The van der Waals surface area contributed by atoms with Crippen LogP contribution in [-0.4, -0.2) is 53.8 Å². The molecule has 3 aromatic rings. The summed E-state index contributed by atoms with van der Waals surface area (Å²) in [6.45, 7) is 2.02. The zero-order valence-corrected chi connectivity index (χ0v) is 25.0. The predicted octanol–water partition coefficient (Wildman–Crippen LogP) is 5.32. The minimum atomic E-state index is -4.54. The molecule has 1 aliphatic carbocycles. The number of benzene rings is 2. The molecular weight excluding hydrogens is 617 g/mol. The van der Waals surface area contributed by atoms with Gasteiger partial charge in [0, 0.05) is 39.1 Å². The third-order valence-corrected chi connectivity index (χ3v) is 9.27. The van der Waals surface area contributed by atoms with Crippen LogP contribution in [0.1, 0.15) is 64.7 Å². The lowest BCUT2D eigenvalue weighted by Crippen LogP contribution is -2.49. The number of fused-ring (bicyclic) bond motifs is 3. The van der Waals surface area contributed by atoms with Crippen molar-refractivity contribution in [1.29, 1.82) is 5.41 Å². The number of nitrogens with one attached hydrogen (secondary N) is 3. The molecular formula is C31H30F5N5O3S. The highest BCUT2D eigenvalue weighted by molar-refractivity contribution is 7.10. The third-order valence-electron chi connectivity index (χ3n) is 8.16. The van der Waals surface area contributed by atoms with Gasteiger partial charge in [0.05, 0.1) is 19.0 Å². The predicted molar refractivity (Wildman–Crippen MR) is 158 cm³/mol. The maximum absolute atomic E-state index is 14.9. The summed E-state index contributed by atoms with van der Waals surface area (Å²) in [6, 6.07) is 9.42. The second kappa shape index (κ2) is 11.5. The van der Waals surface area contributed by atoms with Crippen LogP contribution in [0.4, 0.5) is 22.0 Å². The second-order valence-electron chi connectivity index (χ2n) is 11.8. The van der Waals surface area contributed by atoms with Crippen LogP contribution in [0, 0.1) is 10.8 Å². The van der Waals surface area contributed by atoms with E-state index in [-0.39, 0.29) is 46.6 Å². The summed E-state index contributed by atoms with van der Waals surface area (Å²) in [7, 11) is 0. The number of carbonyl (C=O) groups is 3. The van der Waals surface area contributed by atoms with E-state index in [9.17, 15) is 36.3 Å². The van der Waals surface area contributed by atoms with Gasteiger partial charge in [0.15, 0.2) is 0 Å². The zero-order chi connectivity index (χ0) is 32.9. The van der Waals surface area contributed by atoms with Crippen molar-refractivity contribution < 1.29 is 36.3 Å². The maximum atomic E-state index is 14.9. The summed E-state index contributed by atoms with van der Waals surface area (Å²) in [4.78, 5) is 41.4. The molecule has 0 spiro atoms. The summed E-state index contributed by atoms with van der Waals surface area (Å²) in [5, 5.41) is 14.4. The van der Waals surface area contributed by atoms with Crippen LogP contribution in [0.25, 0.3) is 11.1 Å². The van der Waals surface area contributed by atoms with Gasteiger partial charge in [-0.2, -0.15) is 22.0 Å². The van der Waals surface area contributed by atoms with Crippen molar-refractivity contribution in [2.45, 2.75) is 50.9 Å². The molecule has 5 N–H and O–H groups in total. The fourth-order valence-electron chi connectivity index (χ4n) is 6.05. The van der Waals surface area contributed by atoms with Gasteiger partial charge in [-0.15, -0.1) is 11.3 Å². The van der Waals surface area contributed by atoms with Crippen molar-refractivity contribution in [3.05, 3.63) is 81.0 Å². The number of carbonyl (C=O) groups excluding carboxylic acids is 3. The van der Waals surface area contributed by atoms with Crippen molar-refractivity contribution >= 4 is 34.9 Å². The Balaban J connectivity index is 1.31. The number of alkyl halides is 5. The van der Waals surface area contributed by atoms with Gasteiger partial charge < -0.3 is 21.3 Å². The number of nitrogens with two attached hydrogens (primary N) is 1. The van der Waals surface area contributed by atoms with E-state index >= 15 is 0 Å². The van der Waals surface area contributed by atoms with Crippen LogP contribution in [0.5, 0.6) is 0 Å². The van der Waals surface area contributed by atoms with Gasteiger partial charge >= 0.3 is 6.18 Å². The highest BCUT2D eigenvalue weighted by Crippen LogP contribution is 2.51. The molecule has 0 saturated carbocycles. The summed E-state index contributed by atoms with van der Waals surface area (Å²) >= 11 is 1.24. The number of hydrogen-bond donors (Lipinski definition) is 4. The molecule has 1 saturated heterocycles. The molecule has 14 heteroatoms. The highest BCUT2D eigenvalue weighted by Gasteiger charge is 2.51. The maximum Gasteiger partial charge on any atom is 0.389 e. The van der Waals surface area contributed by atoms with E-state index in [1.807, 2.05) is 0 Å². The standard InChI is InChI=1S/C31H30F5N5O3S/c1-16(24-10-18(13-45-24)26(37)38)40-28(44)23-11-29(2,14-30(32,33)34)15-41(23)25(42)12-39-27(43)17-7-8-22-20(9-17)19-5-3-4-6-21(19)31(22,35)36/h3-10,13,16,23H,11-12,14-15H2,1-2H3,(H3,37,38)(H,39,43)(H,40,44)/t16-,23+,29-/m1/s1. The summed E-state index contributed by atoms with van der Waals surface area (Å²) < 4.78 is 70.2. The molecule has 1 aliphatic heterocycles. The number of likely N-dealkylation sites (tertiary alicyclic amines) is 1. The molecule has 3 atom stereocenters. The van der Waals surface area contributed by atoms with Crippen molar-refractivity contribution in [1.82, 2.24) is 15.5 Å². The topological polar surface area (TPSA) is 128 Å². The van der Waals surface area contributed by atoms with E-state index < -0.39 is 60.3 Å². The average Bonchev–Trinajstić information content (AvgIpc) is 3.65. The van der Waals surface area contributed by atoms with E-state index in [0.717, 1.165) is 11.0 Å². The van der Waals surface area contributed by atoms with E-state index in [1.165, 1.54) is 48.6 Å². The van der Waals surface area contributed by atoms with E-state index in [2.05, 4.69) is 10.6 Å². The van der Waals surface area contributed by atoms with E-state index in [4.69, 9.17) is 11.1 Å². The molecule has 0 radical (unpaired) electrons. The molecule has 45 heavy (non-hydrogen) atoms. The average molecular weight is 648 g/mol. The van der Waals surface area contributed by atoms with Crippen LogP contribution in [0.3, 0.4) is 0 Å². The molecule has 8 nitrogen and oxygen atoms in total. The Kier molecular flexibility index (Phi) is 8.23. The molecule has 2 aliphatic rings. The molecule has 1 aromatic heterocycles. The lowest BCUT2D eigenvalue weighted by Gasteiger charge is -2.26. The van der Waals surface area contributed by atoms with Crippen LogP contribution < -0.4 is 16.4 Å². The highest BCUT2D eigenvalue weighted by atomic mass is 32.1. The minimum Gasteiger partial charge on any atom is -0.384 e. The Morgan fingerprint density at radius 2 is 1.78 bits per heavy atom. The molecule has 2 heterocycles. The van der Waals surface area contributed by atoms with Crippen molar-refractivity contribution in [2.24, 2.45) is 11.1 Å². The van der Waals surface area contributed by atoms with Crippen LogP contribution in [-0.2, 0) is 15.5 Å². The van der Waals surface area contributed by atoms with Crippen molar-refractivity contribution in [3.63, 3.8) is 0 Å². The van der Waals surface area contributed by atoms with Crippen LogP contribution in [0.2, 0.25) is 0 Å². The Hall–Kier alpha value is -4.33. The smallest absolute Gasteiger partial charge is 0.384 e. The number of rotatable bonds is 8. The third kappa shape index (κ3) is 6.42. The number of nitrogen functional groups attached to an aromatic ring is 1. The first kappa shape index (κ1) is 32.1. The SMILES string of the molecule is C[C@@H](NC(=O)[C@@H]1C[C@](C)(CC(F)(F)F)CN1C(=O)CNC(=O)c1ccc2c(c1)-c1ccccc1C2(F)F)c1cc(C(=N)N)cs1. The lowest BCUT2D eigenvalue weighted by atomic mass is 9.84. The van der Waals surface area contributed by atoms with Gasteiger partial charge in [-0.3, -0.25) is 19.8 Å². The van der Waals surface area contributed by atoms with E-state index in [1.54, 1.807) is 24.4 Å². The second-order valence-corrected chi connectivity index (χ2v) is 12.7. The molecule has 238 valence electrons. The number of thiophene rings is 1. The fourth-order valence-corrected chi connectivity index (χ4v) is 6.97. The number of halogens is 5. The molecule has 3 amide bonds. The van der Waals surface area contributed by atoms with Gasteiger partial charge in [-0.1, -0.05) is 37.3 Å². The molecule has 0 unspecified atom stereocenters. The zero-order valence-electron chi connectivity index (χ0n) is 24.2. The molecule has 2 aromatic carbocycles. The monoisotopic (exact) mass is 647 g/mol. The van der Waals surface area contributed by atoms with Crippen molar-refractivity contribution in [3.8, 4) is 11.1 Å². The first-order chi connectivity index (χ1) is 21.0. The van der Waals surface area contributed by atoms with Crippen LogP contribution in [0.15, 0.2) is 53.9 Å². The Morgan fingerprint density at radius 1 is 1.09 bits per heavy atom. The summed E-state index contributed by atoms with van der Waals surface area (Å²) in [5.74, 6) is -5.57. The fraction of sp³-hybridized carbons (Fsp3) is 0.355. The number of nitrogens with zero attached hydrogens (tertiary/aromatic N) is 1. The Morgan fingerprint density at radius 3 is 2.44 bits per heavy atom. The number of amides is 3. The Bertz CT molecular complexity index is 1690. The molecule has 0 bridgehead atoms. The van der Waals surface area contributed by atoms with E-state index in [0.29, 0.717) is 10.4 Å². The number of hydrogen-bond acceptors (Lipinski definition) is 5. The minimum absolute atomic E-state index is 0.0152. The van der Waals surface area contributed by atoms with Gasteiger partial charge in [-0.05, 0) is 48.1 Å². The lowest BCUT2D eigenvalue weighted by molar-refractivity contribution is -0.156. The summed E-state index contributed by atoms with van der Waals surface area (Å²) in [5.41, 5.74) is 4.57. The van der Waals surface area contributed by atoms with Gasteiger partial charge in [0.25, 0.3) is 11.8 Å². The largest absolute Gasteiger partial charge is 0.389 e. The Labute approximate surface area is 259 Å².